The Morgan fingerprint density at radius 1 is 1.30 bits per heavy atom. The molecule has 5 nitrogen and oxygen atoms in total. The first-order valence-corrected chi connectivity index (χ1v) is 6.63. The Morgan fingerprint density at radius 3 is 2.55 bits per heavy atom. The summed E-state index contributed by atoms with van der Waals surface area (Å²) in [6, 6.07) is 7.34. The zero-order chi connectivity index (χ0) is 14.5. The van der Waals surface area contributed by atoms with Crippen LogP contribution in [0.5, 0.6) is 5.75 Å². The van der Waals surface area contributed by atoms with Crippen molar-refractivity contribution in [1.29, 1.82) is 0 Å². The van der Waals surface area contributed by atoms with E-state index in [-0.39, 0.29) is 5.91 Å². The predicted octanol–water partition coefficient (Wildman–Crippen LogP) is 2.61. The molecule has 1 aromatic carbocycles. The van der Waals surface area contributed by atoms with Crippen LogP contribution in [0.1, 0.15) is 23.9 Å². The lowest BCUT2D eigenvalue weighted by Crippen LogP contribution is -2.15. The third kappa shape index (κ3) is 3.38. The number of hydrogen-bond donors (Lipinski definition) is 2. The van der Waals surface area contributed by atoms with Gasteiger partial charge in [-0.2, -0.15) is 5.10 Å². The van der Waals surface area contributed by atoms with Crippen LogP contribution in [-0.4, -0.2) is 22.7 Å². The van der Waals surface area contributed by atoms with Gasteiger partial charge in [0.05, 0.1) is 18.7 Å². The predicted molar refractivity (Wildman–Crippen MR) is 78.0 cm³/mol. The highest BCUT2D eigenvalue weighted by atomic mass is 16.5. The normalized spacial score (nSPS) is 10.3. The fourth-order valence-electron chi connectivity index (χ4n) is 2.00. The molecule has 2 N–H and O–H groups in total. The van der Waals surface area contributed by atoms with Gasteiger partial charge in [-0.3, -0.25) is 9.89 Å². The van der Waals surface area contributed by atoms with Gasteiger partial charge in [0, 0.05) is 16.9 Å². The highest BCUT2D eigenvalue weighted by Crippen LogP contribution is 2.16. The average Bonchev–Trinajstić information content (AvgIpc) is 2.73. The number of H-pyrrole nitrogens is 1. The van der Waals surface area contributed by atoms with Crippen molar-refractivity contribution in [3.05, 3.63) is 41.2 Å². The van der Waals surface area contributed by atoms with Crippen LogP contribution in [0.15, 0.2) is 24.3 Å². The van der Waals surface area contributed by atoms with Crippen molar-refractivity contribution in [3.63, 3.8) is 0 Å². The van der Waals surface area contributed by atoms with Gasteiger partial charge in [-0.15, -0.1) is 0 Å². The maximum atomic E-state index is 12.0. The van der Waals surface area contributed by atoms with Gasteiger partial charge < -0.3 is 10.1 Å². The van der Waals surface area contributed by atoms with E-state index in [2.05, 4.69) is 15.5 Å². The van der Waals surface area contributed by atoms with E-state index >= 15 is 0 Å². The van der Waals surface area contributed by atoms with Crippen LogP contribution in [0.4, 0.5) is 5.69 Å². The molecular formula is C15H19N3O2. The molecule has 0 saturated heterocycles. The lowest BCUT2D eigenvalue weighted by molar-refractivity contribution is -0.115. The zero-order valence-electron chi connectivity index (χ0n) is 12.0. The number of nitrogens with zero attached hydrogens (tertiary/aromatic N) is 1. The molecule has 0 unspecified atom stereocenters. The number of carbonyl (C=O) groups excluding carboxylic acids is 1. The first-order chi connectivity index (χ1) is 9.60. The van der Waals surface area contributed by atoms with E-state index in [1.54, 1.807) is 0 Å². The van der Waals surface area contributed by atoms with Gasteiger partial charge in [-0.05, 0) is 45.0 Å². The summed E-state index contributed by atoms with van der Waals surface area (Å²) in [4.78, 5) is 12.0. The topological polar surface area (TPSA) is 67.0 Å². The zero-order valence-corrected chi connectivity index (χ0v) is 12.0. The second kappa shape index (κ2) is 6.23. The van der Waals surface area contributed by atoms with E-state index in [1.165, 1.54) is 0 Å². The van der Waals surface area contributed by atoms with Crippen LogP contribution >= 0.6 is 0 Å². The van der Waals surface area contributed by atoms with Crippen molar-refractivity contribution in [2.45, 2.75) is 27.2 Å². The number of carbonyl (C=O) groups is 1. The van der Waals surface area contributed by atoms with Crippen molar-refractivity contribution >= 4 is 11.6 Å². The molecule has 0 fully saturated rings. The minimum atomic E-state index is -0.0539. The van der Waals surface area contributed by atoms with Gasteiger partial charge in [0.15, 0.2) is 0 Å². The van der Waals surface area contributed by atoms with Crippen molar-refractivity contribution in [3.8, 4) is 5.75 Å². The van der Waals surface area contributed by atoms with E-state index in [9.17, 15) is 4.79 Å². The summed E-state index contributed by atoms with van der Waals surface area (Å²) < 4.78 is 5.36. The first-order valence-electron chi connectivity index (χ1n) is 6.63. The lowest BCUT2D eigenvalue weighted by Gasteiger charge is -2.07. The number of hydrogen-bond acceptors (Lipinski definition) is 3. The summed E-state index contributed by atoms with van der Waals surface area (Å²) >= 11 is 0. The minimum Gasteiger partial charge on any atom is -0.494 e. The number of aromatic amines is 1. The fourth-order valence-corrected chi connectivity index (χ4v) is 2.00. The smallest absolute Gasteiger partial charge is 0.228 e. The number of ether oxygens (including phenoxy) is 1. The van der Waals surface area contributed by atoms with E-state index in [0.29, 0.717) is 13.0 Å². The van der Waals surface area contributed by atoms with E-state index < -0.39 is 0 Å². The second-order valence-electron chi connectivity index (χ2n) is 4.59. The van der Waals surface area contributed by atoms with Crippen LogP contribution < -0.4 is 10.1 Å². The molecule has 1 heterocycles. The molecule has 0 saturated carbocycles. The molecule has 0 atom stereocenters. The Bertz CT molecular complexity index is 568. The number of rotatable bonds is 5. The Hall–Kier alpha value is -2.30. The number of benzene rings is 1. The van der Waals surface area contributed by atoms with E-state index in [0.717, 1.165) is 28.4 Å². The largest absolute Gasteiger partial charge is 0.494 e. The molecule has 1 aromatic heterocycles. The second-order valence-corrected chi connectivity index (χ2v) is 4.59. The van der Waals surface area contributed by atoms with Crippen molar-refractivity contribution in [2.24, 2.45) is 0 Å². The molecule has 2 rings (SSSR count). The number of aromatic nitrogens is 2. The number of anilines is 1. The van der Waals surface area contributed by atoms with Gasteiger partial charge in [0.1, 0.15) is 5.75 Å². The molecule has 0 aliphatic rings. The molecule has 2 aromatic rings. The van der Waals surface area contributed by atoms with E-state index in [4.69, 9.17) is 4.74 Å². The van der Waals surface area contributed by atoms with Crippen molar-refractivity contribution in [2.75, 3.05) is 11.9 Å². The summed E-state index contributed by atoms with van der Waals surface area (Å²) in [6.07, 6.45) is 0.321. The molecule has 5 heteroatoms. The molecule has 0 aliphatic heterocycles. The summed E-state index contributed by atoms with van der Waals surface area (Å²) in [6.45, 7) is 6.37. The van der Waals surface area contributed by atoms with Crippen LogP contribution in [0.2, 0.25) is 0 Å². The summed E-state index contributed by atoms with van der Waals surface area (Å²) in [7, 11) is 0. The van der Waals surface area contributed by atoms with Crippen molar-refractivity contribution in [1.82, 2.24) is 10.2 Å². The fraction of sp³-hybridized carbons (Fsp3) is 0.333. The summed E-state index contributed by atoms with van der Waals surface area (Å²) in [5.74, 6) is 0.744. The first kappa shape index (κ1) is 14.1. The van der Waals surface area contributed by atoms with Gasteiger partial charge in [0.25, 0.3) is 0 Å². The standard InChI is InChI=1S/C15H19N3O2/c1-4-20-13-7-5-12(6-8-13)16-15(19)9-14-10(2)17-18-11(14)3/h5-8H,4,9H2,1-3H3,(H,16,19)(H,17,18). The molecule has 20 heavy (non-hydrogen) atoms. The molecule has 1 amide bonds. The number of nitrogens with one attached hydrogen (secondary N) is 2. The Balaban J connectivity index is 1.97. The Morgan fingerprint density at radius 2 is 2.00 bits per heavy atom. The van der Waals surface area contributed by atoms with Gasteiger partial charge in [0.2, 0.25) is 5.91 Å². The van der Waals surface area contributed by atoms with E-state index in [1.807, 2.05) is 45.0 Å². The summed E-state index contributed by atoms with van der Waals surface area (Å²) in [5, 5.41) is 9.84. The van der Waals surface area contributed by atoms with Gasteiger partial charge >= 0.3 is 0 Å². The molecular weight excluding hydrogens is 254 g/mol. The maximum absolute atomic E-state index is 12.0. The van der Waals surface area contributed by atoms with Gasteiger partial charge in [-0.1, -0.05) is 0 Å². The van der Waals surface area contributed by atoms with Crippen LogP contribution in [0, 0.1) is 13.8 Å². The van der Waals surface area contributed by atoms with Gasteiger partial charge in [-0.25, -0.2) is 0 Å². The maximum Gasteiger partial charge on any atom is 0.228 e. The monoisotopic (exact) mass is 273 g/mol. The molecule has 0 spiro atoms. The molecule has 0 radical (unpaired) electrons. The Labute approximate surface area is 118 Å². The SMILES string of the molecule is CCOc1ccc(NC(=O)Cc2c(C)n[nH]c2C)cc1. The number of aryl methyl sites for hydroxylation is 2. The minimum absolute atomic E-state index is 0.0539. The van der Waals surface area contributed by atoms with Crippen LogP contribution in [0.25, 0.3) is 0 Å². The average molecular weight is 273 g/mol. The molecule has 106 valence electrons. The Kier molecular flexibility index (Phi) is 4.40. The van der Waals surface area contributed by atoms with Crippen LogP contribution in [-0.2, 0) is 11.2 Å². The lowest BCUT2D eigenvalue weighted by atomic mass is 10.1. The summed E-state index contributed by atoms with van der Waals surface area (Å²) in [5.41, 5.74) is 3.51. The highest BCUT2D eigenvalue weighted by Gasteiger charge is 2.11. The molecule has 0 aliphatic carbocycles. The quantitative estimate of drug-likeness (QED) is 0.880. The molecule has 0 bridgehead atoms. The number of amides is 1. The third-order valence-corrected chi connectivity index (χ3v) is 3.07. The van der Waals surface area contributed by atoms with Crippen molar-refractivity contribution < 1.29 is 9.53 Å². The highest BCUT2D eigenvalue weighted by molar-refractivity contribution is 5.92. The van der Waals surface area contributed by atoms with Crippen LogP contribution in [0.3, 0.4) is 0 Å². The third-order valence-electron chi connectivity index (χ3n) is 3.07.